The summed E-state index contributed by atoms with van der Waals surface area (Å²) in [6.07, 6.45) is 1.67. The number of hydrogen-bond donors (Lipinski definition) is 3. The van der Waals surface area contributed by atoms with Crippen LogP contribution in [0.2, 0.25) is 0 Å². The Morgan fingerprint density at radius 2 is 2.31 bits per heavy atom. The van der Waals surface area contributed by atoms with Crippen LogP contribution in [0.1, 0.15) is 19.8 Å². The number of hydrogen-bond acceptors (Lipinski definition) is 5. The summed E-state index contributed by atoms with van der Waals surface area (Å²) < 4.78 is 0. The molecule has 0 saturated heterocycles. The molecule has 0 saturated carbocycles. The van der Waals surface area contributed by atoms with Crippen molar-refractivity contribution in [3.63, 3.8) is 0 Å². The number of aliphatic hydroxyl groups excluding tert-OH is 1. The maximum absolute atomic E-state index is 9.26. The lowest BCUT2D eigenvalue weighted by Gasteiger charge is -2.32. The zero-order chi connectivity index (χ0) is 12.1. The summed E-state index contributed by atoms with van der Waals surface area (Å²) in [5, 5.41) is 12.8. The molecule has 0 bridgehead atoms. The fraction of sp³-hybridized carbons (Fsp3) is 0.700. The normalized spacial score (nSPS) is 21.2. The molecule has 1 atom stereocenters. The molecule has 0 aromatic rings. The number of rotatable bonds is 5. The third kappa shape index (κ3) is 2.87. The first-order valence-electron chi connectivity index (χ1n) is 5.41. The van der Waals surface area contributed by atoms with E-state index in [1.807, 2.05) is 7.05 Å². The second kappa shape index (κ2) is 6.08. The Morgan fingerprint density at radius 3 is 2.88 bits per heavy atom. The van der Waals surface area contributed by atoms with Crippen molar-refractivity contribution < 1.29 is 5.11 Å². The largest absolute Gasteiger partial charge is 0.391 e. The van der Waals surface area contributed by atoms with Crippen LogP contribution in [0, 0.1) is 0 Å². The predicted octanol–water partition coefficient (Wildman–Crippen LogP) is 0.405. The first-order chi connectivity index (χ1) is 7.61. The molecular formula is C10H19ClN4O. The van der Waals surface area contributed by atoms with Gasteiger partial charge in [0.15, 0.2) is 6.29 Å². The minimum Gasteiger partial charge on any atom is -0.391 e. The molecule has 1 unspecified atom stereocenters. The topological polar surface area (TPSA) is 73.9 Å². The van der Waals surface area contributed by atoms with Gasteiger partial charge in [-0.3, -0.25) is 5.73 Å². The van der Waals surface area contributed by atoms with Gasteiger partial charge < -0.3 is 15.3 Å². The number of nitrogens with one attached hydrogen (secondary N) is 1. The van der Waals surface area contributed by atoms with Crippen LogP contribution >= 0.6 is 11.6 Å². The van der Waals surface area contributed by atoms with E-state index in [-0.39, 0.29) is 11.8 Å². The molecule has 1 heterocycles. The zero-order valence-corrected chi connectivity index (χ0v) is 10.5. The highest BCUT2D eigenvalue weighted by atomic mass is 35.5. The molecule has 0 aromatic carbocycles. The van der Waals surface area contributed by atoms with E-state index in [9.17, 15) is 5.11 Å². The highest BCUT2D eigenvalue weighted by molar-refractivity contribution is 6.69. The van der Waals surface area contributed by atoms with Gasteiger partial charge in [0.1, 0.15) is 11.0 Å². The first kappa shape index (κ1) is 13.3. The van der Waals surface area contributed by atoms with Gasteiger partial charge in [-0.15, -0.1) is 0 Å². The van der Waals surface area contributed by atoms with Gasteiger partial charge in [0, 0.05) is 13.6 Å². The summed E-state index contributed by atoms with van der Waals surface area (Å²) in [7, 11) is 1.82. The third-order valence-corrected chi connectivity index (χ3v) is 2.84. The Kier molecular flexibility index (Phi) is 5.05. The lowest BCUT2D eigenvalue weighted by atomic mass is 10.2. The zero-order valence-electron chi connectivity index (χ0n) is 9.70. The van der Waals surface area contributed by atoms with E-state index in [0.29, 0.717) is 5.57 Å². The molecule has 1 rings (SSSR count). The van der Waals surface area contributed by atoms with Gasteiger partial charge in [-0.2, -0.15) is 0 Å². The van der Waals surface area contributed by atoms with Crippen molar-refractivity contribution in [2.45, 2.75) is 26.1 Å². The fourth-order valence-corrected chi connectivity index (χ4v) is 1.73. The number of unbranched alkanes of at least 4 members (excludes halogenated alkanes) is 1. The summed E-state index contributed by atoms with van der Waals surface area (Å²) in [4.78, 5) is 5.79. The molecule has 1 aliphatic heterocycles. The first-order valence-corrected chi connectivity index (χ1v) is 5.79. The average molecular weight is 247 g/mol. The van der Waals surface area contributed by atoms with Gasteiger partial charge in [0.05, 0.1) is 12.2 Å². The molecule has 0 aromatic heterocycles. The molecule has 0 spiro atoms. The SMILES string of the molecule is CCCCNC1=C(CO)C(Cl)=NC(N)N1C. The van der Waals surface area contributed by atoms with E-state index in [0.717, 1.165) is 25.2 Å². The monoisotopic (exact) mass is 246 g/mol. The Labute approximate surface area is 101 Å². The number of nitrogens with two attached hydrogens (primary N) is 1. The van der Waals surface area contributed by atoms with Crippen molar-refractivity contribution in [2.24, 2.45) is 10.7 Å². The summed E-state index contributed by atoms with van der Waals surface area (Å²) in [6, 6.07) is 0. The molecule has 92 valence electrons. The standard InChI is InChI=1S/C10H19ClN4O/c1-3-4-5-13-9-7(6-16)8(11)14-10(12)15(9)2/h10,13,16H,3-6,12H2,1-2H3. The average Bonchev–Trinajstić information content (AvgIpc) is 2.25. The van der Waals surface area contributed by atoms with E-state index in [2.05, 4.69) is 17.2 Å². The van der Waals surface area contributed by atoms with Crippen LogP contribution in [0.5, 0.6) is 0 Å². The molecular weight excluding hydrogens is 228 g/mol. The Hall–Kier alpha value is -0.780. The minimum atomic E-state index is -0.494. The van der Waals surface area contributed by atoms with Crippen molar-refractivity contribution in [1.29, 1.82) is 0 Å². The van der Waals surface area contributed by atoms with Gasteiger partial charge >= 0.3 is 0 Å². The van der Waals surface area contributed by atoms with Crippen LogP contribution in [0.25, 0.3) is 0 Å². The third-order valence-electron chi connectivity index (χ3n) is 2.51. The number of aliphatic hydroxyl groups is 1. The number of aliphatic imine (C=N–C) groups is 1. The number of halogens is 1. The van der Waals surface area contributed by atoms with Gasteiger partial charge in [0.25, 0.3) is 0 Å². The van der Waals surface area contributed by atoms with Gasteiger partial charge in [-0.05, 0) is 6.42 Å². The molecule has 0 amide bonds. The van der Waals surface area contributed by atoms with Crippen LogP contribution in [0.15, 0.2) is 16.4 Å². The van der Waals surface area contributed by atoms with Gasteiger partial charge in [-0.25, -0.2) is 4.99 Å². The second-order valence-corrected chi connectivity index (χ2v) is 4.07. The van der Waals surface area contributed by atoms with E-state index in [1.54, 1.807) is 4.90 Å². The van der Waals surface area contributed by atoms with Crippen molar-refractivity contribution in [2.75, 3.05) is 20.2 Å². The molecule has 4 N–H and O–H groups in total. The quantitative estimate of drug-likeness (QED) is 0.614. The Morgan fingerprint density at radius 1 is 1.62 bits per heavy atom. The summed E-state index contributed by atoms with van der Waals surface area (Å²) >= 11 is 5.94. The number of nitrogens with zero attached hydrogens (tertiary/aromatic N) is 2. The Bertz CT molecular complexity index is 303. The lowest BCUT2D eigenvalue weighted by Crippen LogP contribution is -2.46. The lowest BCUT2D eigenvalue weighted by molar-refractivity contribution is 0.273. The van der Waals surface area contributed by atoms with E-state index < -0.39 is 6.29 Å². The summed E-state index contributed by atoms with van der Waals surface area (Å²) in [5.74, 6) is 0.767. The van der Waals surface area contributed by atoms with Gasteiger partial charge in [0.2, 0.25) is 0 Å². The molecule has 16 heavy (non-hydrogen) atoms. The van der Waals surface area contributed by atoms with E-state index in [1.165, 1.54) is 0 Å². The highest BCUT2D eigenvalue weighted by Crippen LogP contribution is 2.18. The van der Waals surface area contributed by atoms with E-state index >= 15 is 0 Å². The smallest absolute Gasteiger partial charge is 0.176 e. The van der Waals surface area contributed by atoms with Crippen molar-refractivity contribution in [1.82, 2.24) is 10.2 Å². The predicted molar refractivity (Wildman–Crippen MR) is 66.0 cm³/mol. The minimum absolute atomic E-state index is 0.145. The fourth-order valence-electron chi connectivity index (χ4n) is 1.48. The van der Waals surface area contributed by atoms with Crippen LogP contribution in [0.4, 0.5) is 0 Å². The Balaban J connectivity index is 2.82. The van der Waals surface area contributed by atoms with Crippen molar-refractivity contribution in [3.05, 3.63) is 11.4 Å². The molecule has 1 aliphatic rings. The molecule has 0 aliphatic carbocycles. The van der Waals surface area contributed by atoms with Crippen LogP contribution in [0.3, 0.4) is 0 Å². The molecule has 5 nitrogen and oxygen atoms in total. The van der Waals surface area contributed by atoms with Crippen LogP contribution in [-0.4, -0.2) is 41.7 Å². The maximum atomic E-state index is 9.26. The molecule has 6 heteroatoms. The van der Waals surface area contributed by atoms with Gasteiger partial charge in [-0.1, -0.05) is 24.9 Å². The molecule has 0 fully saturated rings. The highest BCUT2D eigenvalue weighted by Gasteiger charge is 2.23. The second-order valence-electron chi connectivity index (χ2n) is 3.71. The van der Waals surface area contributed by atoms with Crippen LogP contribution in [-0.2, 0) is 0 Å². The van der Waals surface area contributed by atoms with E-state index in [4.69, 9.17) is 17.3 Å². The summed E-state index contributed by atoms with van der Waals surface area (Å²) in [6.45, 7) is 2.80. The molecule has 0 radical (unpaired) electrons. The maximum Gasteiger partial charge on any atom is 0.176 e. The van der Waals surface area contributed by atoms with Crippen LogP contribution < -0.4 is 11.1 Å². The summed E-state index contributed by atoms with van der Waals surface area (Å²) in [5.41, 5.74) is 6.38. The van der Waals surface area contributed by atoms with Crippen molar-refractivity contribution >= 4 is 16.8 Å². The van der Waals surface area contributed by atoms with Crippen molar-refractivity contribution in [3.8, 4) is 0 Å².